The number of nitrogens with zero attached hydrogens (tertiary/aromatic N) is 4. The molecule has 6 heteroatoms. The summed E-state index contributed by atoms with van der Waals surface area (Å²) in [4.78, 5) is 9.93. The van der Waals surface area contributed by atoms with E-state index in [-0.39, 0.29) is 54.1 Å². The van der Waals surface area contributed by atoms with Crippen LogP contribution in [-0.2, 0) is 54.5 Å². The van der Waals surface area contributed by atoms with Crippen molar-refractivity contribution in [2.45, 2.75) is 150 Å². The Morgan fingerprint density at radius 1 is 0.571 bits per heavy atom. The first-order chi connectivity index (χ1) is 40.1. The summed E-state index contributed by atoms with van der Waals surface area (Å²) in [6, 6.07) is 66.2. The van der Waals surface area contributed by atoms with E-state index in [0.717, 1.165) is 85.2 Å². The van der Waals surface area contributed by atoms with Crippen molar-refractivity contribution in [2.24, 2.45) is 5.92 Å². The Kier molecular flexibility index (Phi) is 14.5. The van der Waals surface area contributed by atoms with Crippen molar-refractivity contribution in [3.05, 3.63) is 222 Å². The van der Waals surface area contributed by atoms with Gasteiger partial charge in [-0.05, 0) is 132 Å². The Morgan fingerprint density at radius 2 is 1.17 bits per heavy atom. The van der Waals surface area contributed by atoms with E-state index in [1.54, 1.807) is 0 Å². The first-order valence-corrected chi connectivity index (χ1v) is 29.8. The number of rotatable bonds is 10. The first-order valence-electron chi connectivity index (χ1n) is 30.8. The fourth-order valence-corrected chi connectivity index (χ4v) is 12.6. The van der Waals surface area contributed by atoms with Gasteiger partial charge in [0.25, 0.3) is 0 Å². The summed E-state index contributed by atoms with van der Waals surface area (Å²) in [5.74, 6) is 1.38. The molecule has 1 aliphatic carbocycles. The average molecular weight is 1290 g/mol. The molecule has 0 fully saturated rings. The van der Waals surface area contributed by atoms with Crippen LogP contribution in [0.15, 0.2) is 170 Å². The zero-order chi connectivity index (χ0) is 60.3. The molecule has 0 saturated carbocycles. The van der Waals surface area contributed by atoms with Crippen LogP contribution in [0, 0.1) is 24.7 Å². The minimum atomic E-state index is -1.69. The van der Waals surface area contributed by atoms with Crippen LogP contribution in [0.5, 0.6) is 11.5 Å². The Bertz CT molecular complexity index is 4190. The summed E-state index contributed by atoms with van der Waals surface area (Å²) in [5, 5.41) is 2.06. The van der Waals surface area contributed by atoms with Crippen LogP contribution in [-0.4, -0.2) is 9.55 Å². The fourth-order valence-electron chi connectivity index (χ4n) is 12.6. The summed E-state index contributed by atoms with van der Waals surface area (Å²) >= 11 is 0. The van der Waals surface area contributed by atoms with Crippen molar-refractivity contribution in [1.82, 2.24) is 9.55 Å². The SMILES string of the molecule is [2H]C([2H])(c1cc(-n2c3[c-]c(Oc4[c-]c(N5[CH-]N(c6c(-c7ccccc7)cccc6-c6cc(C(C)(C)C)cc(C(C)(C)C)c6)c6ccccc65)ccc4)ccc3c3ccc(C(C)(C)C)cc32)ncc1-c1cccc2c1C(C)(C)CCC2(C)C)C(C)C.[Pt]. The smallest absolute Gasteiger partial charge is 0.135 e. The first kappa shape index (κ1) is 56.0. The molecule has 8 aromatic carbocycles. The number of anilines is 4. The van der Waals surface area contributed by atoms with Gasteiger partial charge in [-0.3, -0.25) is 0 Å². The number of benzene rings is 8. The van der Waals surface area contributed by atoms with E-state index in [9.17, 15) is 2.74 Å². The molecule has 0 spiro atoms. The Balaban J connectivity index is 0.00000768. The molecule has 0 bridgehead atoms. The molecule has 0 amide bonds. The zero-order valence-corrected chi connectivity index (χ0v) is 54.0. The molecule has 10 aromatic rings. The number of aromatic nitrogens is 2. The number of fused-ring (bicyclic) bond motifs is 5. The molecule has 2 aliphatic rings. The topological polar surface area (TPSA) is 33.5 Å². The minimum absolute atomic E-state index is 0. The van der Waals surface area contributed by atoms with Gasteiger partial charge in [-0.15, -0.1) is 48.1 Å². The summed E-state index contributed by atoms with van der Waals surface area (Å²) in [6.45, 7) is 36.0. The predicted octanol–water partition coefficient (Wildman–Crippen LogP) is 21.4. The summed E-state index contributed by atoms with van der Waals surface area (Å²) < 4.78 is 28.8. The van der Waals surface area contributed by atoms with Crippen LogP contribution in [0.2, 0.25) is 0 Å². The Morgan fingerprint density at radius 3 is 1.85 bits per heavy atom. The maximum atomic E-state index is 9.86. The summed E-state index contributed by atoms with van der Waals surface area (Å²) in [7, 11) is 0. The van der Waals surface area contributed by atoms with Crippen LogP contribution >= 0.6 is 0 Å². The van der Waals surface area contributed by atoms with Crippen LogP contribution in [0.3, 0.4) is 0 Å². The Hall–Kier alpha value is -7.20. The third-order valence-corrected chi connectivity index (χ3v) is 17.4. The molecular formula is C78H81N4OPt-3. The molecule has 5 nitrogen and oxygen atoms in total. The molecule has 0 N–H and O–H groups in total. The maximum absolute atomic E-state index is 9.86. The van der Waals surface area contributed by atoms with Crippen LogP contribution in [0.25, 0.3) is 61.0 Å². The molecule has 0 radical (unpaired) electrons. The van der Waals surface area contributed by atoms with Gasteiger partial charge < -0.3 is 19.1 Å². The van der Waals surface area contributed by atoms with Gasteiger partial charge in [-0.25, -0.2) is 4.98 Å². The molecule has 1 aliphatic heterocycles. The van der Waals surface area contributed by atoms with E-state index in [4.69, 9.17) is 9.72 Å². The standard InChI is InChI=1S/C78H81N4O.Pt/c1-50(2)40-52-43-71(79-48-65(52)64-30-23-31-66-72(64)78(14,15)39-38-77(66,12)13)82-69-45-54(74(3,4)5)34-36-62(69)63-37-35-59(47-70(63)82)83-58-27-21-26-57(46-58)80-49-81(68-33-20-19-32-67(68)80)73-60(51-24-17-16-18-25-51)28-22-29-61(73)53-41-55(75(6,7)8)44-56(42-53)76(9,10)11;/h16-37,41-45,48-50H,38-40H2,1-15H3;/q-3;/i40D2;. The van der Waals surface area contributed by atoms with Gasteiger partial charge in [0.05, 0.1) is 0 Å². The molecule has 432 valence electrons. The van der Waals surface area contributed by atoms with E-state index in [1.165, 1.54) is 33.4 Å². The number of ether oxygens (including phenoxy) is 1. The van der Waals surface area contributed by atoms with Gasteiger partial charge in [0.15, 0.2) is 0 Å². The van der Waals surface area contributed by atoms with Crippen molar-refractivity contribution in [3.8, 4) is 50.7 Å². The quantitative estimate of drug-likeness (QED) is 0.128. The van der Waals surface area contributed by atoms with Crippen molar-refractivity contribution in [3.63, 3.8) is 0 Å². The molecule has 3 heterocycles. The fraction of sp³-hybridized carbons (Fsp3) is 0.308. The second kappa shape index (κ2) is 21.7. The molecule has 2 aromatic heterocycles. The second-order valence-corrected chi connectivity index (χ2v) is 28.0. The average Bonchev–Trinajstić information content (AvgIpc) is 1.33. The van der Waals surface area contributed by atoms with Crippen LogP contribution in [0.1, 0.15) is 153 Å². The van der Waals surface area contributed by atoms with Crippen molar-refractivity contribution in [2.75, 3.05) is 9.80 Å². The van der Waals surface area contributed by atoms with Gasteiger partial charge in [-0.2, -0.15) is 12.1 Å². The van der Waals surface area contributed by atoms with Gasteiger partial charge >= 0.3 is 0 Å². The van der Waals surface area contributed by atoms with Gasteiger partial charge in [0.1, 0.15) is 5.82 Å². The van der Waals surface area contributed by atoms with E-state index in [2.05, 4.69) is 263 Å². The minimum Gasteiger partial charge on any atom is -0.509 e. The van der Waals surface area contributed by atoms with E-state index < -0.39 is 6.37 Å². The Labute approximate surface area is 518 Å². The third-order valence-electron chi connectivity index (χ3n) is 17.4. The molecule has 0 saturated heterocycles. The number of para-hydroxylation sites is 3. The normalized spacial score (nSPS) is 15.4. The zero-order valence-electron chi connectivity index (χ0n) is 53.7. The van der Waals surface area contributed by atoms with Crippen molar-refractivity contribution in [1.29, 1.82) is 0 Å². The number of pyridine rings is 1. The maximum Gasteiger partial charge on any atom is 0.135 e. The molecular weight excluding hydrogens is 1200 g/mol. The van der Waals surface area contributed by atoms with E-state index in [1.807, 2.05) is 44.3 Å². The van der Waals surface area contributed by atoms with Crippen LogP contribution < -0.4 is 14.5 Å². The van der Waals surface area contributed by atoms with E-state index in [0.29, 0.717) is 22.9 Å². The van der Waals surface area contributed by atoms with Crippen LogP contribution in [0.4, 0.5) is 22.7 Å². The molecule has 0 atom stereocenters. The largest absolute Gasteiger partial charge is 0.509 e. The predicted molar refractivity (Wildman–Crippen MR) is 350 cm³/mol. The van der Waals surface area contributed by atoms with Gasteiger partial charge in [0.2, 0.25) is 0 Å². The van der Waals surface area contributed by atoms with Crippen molar-refractivity contribution < 1.29 is 28.5 Å². The molecule has 0 unspecified atom stereocenters. The number of hydrogen-bond acceptors (Lipinski definition) is 4. The second-order valence-electron chi connectivity index (χ2n) is 28.0. The molecule has 12 rings (SSSR count). The van der Waals surface area contributed by atoms with E-state index >= 15 is 0 Å². The number of hydrogen-bond donors (Lipinski definition) is 0. The third kappa shape index (κ3) is 10.8. The van der Waals surface area contributed by atoms with Crippen molar-refractivity contribution >= 4 is 44.6 Å². The summed E-state index contributed by atoms with van der Waals surface area (Å²) in [6.07, 6.45) is 2.38. The van der Waals surface area contributed by atoms with Gasteiger partial charge in [0, 0.05) is 80.8 Å². The monoisotopic (exact) mass is 1290 g/mol. The molecule has 84 heavy (non-hydrogen) atoms. The summed E-state index contributed by atoms with van der Waals surface area (Å²) in [5.41, 5.74) is 18.9. The van der Waals surface area contributed by atoms with Gasteiger partial charge in [-0.1, -0.05) is 219 Å².